The number of hydrogen-bond donors (Lipinski definition) is 2. The van der Waals surface area contributed by atoms with E-state index in [0.717, 1.165) is 26.1 Å². The van der Waals surface area contributed by atoms with Crippen molar-refractivity contribution in [3.8, 4) is 0 Å². The Hall–Kier alpha value is -0.460. The first kappa shape index (κ1) is 15.6. The van der Waals surface area contributed by atoms with Crippen LogP contribution in [0.3, 0.4) is 0 Å². The van der Waals surface area contributed by atoms with Crippen LogP contribution in [0.4, 0.5) is 0 Å². The smallest absolute Gasteiger partial charge is 0.239 e. The number of rotatable bonds is 5. The molecule has 1 unspecified atom stereocenters. The van der Waals surface area contributed by atoms with Crippen molar-refractivity contribution in [1.82, 2.24) is 15.5 Å². The molecule has 5 nitrogen and oxygen atoms in total. The van der Waals surface area contributed by atoms with Crippen LogP contribution in [-0.2, 0) is 9.59 Å². The van der Waals surface area contributed by atoms with Gasteiger partial charge in [-0.3, -0.25) is 9.59 Å². The van der Waals surface area contributed by atoms with Gasteiger partial charge < -0.3 is 15.5 Å². The Bertz CT molecular complexity index is 298. The molecule has 2 rings (SSSR count). The highest BCUT2D eigenvalue weighted by atomic mass is 35.5. The molecule has 2 heterocycles. The summed E-state index contributed by atoms with van der Waals surface area (Å²) in [4.78, 5) is 24.5. The van der Waals surface area contributed by atoms with Crippen LogP contribution in [0.15, 0.2) is 0 Å². The van der Waals surface area contributed by atoms with Gasteiger partial charge in [0.05, 0.1) is 11.6 Å². The summed E-state index contributed by atoms with van der Waals surface area (Å²) in [6.07, 6.45) is 2.23. The Balaban J connectivity index is 0.00000162. The van der Waals surface area contributed by atoms with E-state index in [1.165, 1.54) is 6.42 Å². The molecule has 0 bridgehead atoms. The van der Waals surface area contributed by atoms with E-state index < -0.39 is 0 Å². The second kappa shape index (κ2) is 7.86. The van der Waals surface area contributed by atoms with Gasteiger partial charge in [-0.1, -0.05) is 0 Å². The average molecular weight is 294 g/mol. The van der Waals surface area contributed by atoms with Gasteiger partial charge in [0.1, 0.15) is 6.54 Å². The van der Waals surface area contributed by atoms with Crippen molar-refractivity contribution >= 4 is 36.0 Å². The van der Waals surface area contributed by atoms with Gasteiger partial charge in [-0.25, -0.2) is 0 Å². The molecule has 2 fully saturated rings. The Kier molecular flexibility index (Phi) is 6.81. The predicted molar refractivity (Wildman–Crippen MR) is 74.9 cm³/mol. The summed E-state index contributed by atoms with van der Waals surface area (Å²) in [6, 6.07) is 0. The molecule has 18 heavy (non-hydrogen) atoms. The highest BCUT2D eigenvalue weighted by Gasteiger charge is 2.22. The van der Waals surface area contributed by atoms with Gasteiger partial charge in [0, 0.05) is 6.54 Å². The van der Waals surface area contributed by atoms with Crippen LogP contribution in [0, 0.1) is 5.92 Å². The first-order chi connectivity index (χ1) is 8.25. The lowest BCUT2D eigenvalue weighted by atomic mass is 10.1. The molecule has 0 aromatic heterocycles. The fraction of sp³-hybridized carbons (Fsp3) is 0.818. The van der Waals surface area contributed by atoms with Crippen molar-refractivity contribution in [2.75, 3.05) is 37.8 Å². The van der Waals surface area contributed by atoms with Crippen LogP contribution in [-0.4, -0.2) is 54.5 Å². The normalized spacial score (nSPS) is 23.0. The van der Waals surface area contributed by atoms with Crippen molar-refractivity contribution in [2.24, 2.45) is 5.92 Å². The molecular weight excluding hydrogens is 274 g/mol. The largest absolute Gasteiger partial charge is 0.355 e. The van der Waals surface area contributed by atoms with Crippen LogP contribution in [0.5, 0.6) is 0 Å². The SMILES string of the molecule is Cl.O=C(CN1CSCC1=O)NCCC1CCNC1. The molecular formula is C11H20ClN3O2S. The zero-order valence-corrected chi connectivity index (χ0v) is 11.9. The molecule has 0 radical (unpaired) electrons. The third kappa shape index (κ3) is 4.66. The zero-order chi connectivity index (χ0) is 12.1. The minimum atomic E-state index is -0.0354. The van der Waals surface area contributed by atoms with E-state index in [4.69, 9.17) is 0 Å². The Morgan fingerprint density at radius 3 is 3.00 bits per heavy atom. The highest BCUT2D eigenvalue weighted by Crippen LogP contribution is 2.14. The molecule has 2 aliphatic rings. The minimum absolute atomic E-state index is 0. The molecule has 2 amide bonds. The number of amides is 2. The number of nitrogens with one attached hydrogen (secondary N) is 2. The van der Waals surface area contributed by atoms with E-state index in [-0.39, 0.29) is 30.8 Å². The summed E-state index contributed by atoms with van der Waals surface area (Å²) in [6.45, 7) is 3.10. The molecule has 104 valence electrons. The summed E-state index contributed by atoms with van der Waals surface area (Å²) >= 11 is 1.56. The van der Waals surface area contributed by atoms with Crippen LogP contribution < -0.4 is 10.6 Å². The lowest BCUT2D eigenvalue weighted by Gasteiger charge is -2.15. The first-order valence-electron chi connectivity index (χ1n) is 6.08. The number of nitrogens with zero attached hydrogens (tertiary/aromatic N) is 1. The molecule has 2 aliphatic heterocycles. The summed E-state index contributed by atoms with van der Waals surface area (Å²) in [7, 11) is 0. The molecule has 0 aromatic rings. The zero-order valence-electron chi connectivity index (χ0n) is 10.3. The molecule has 2 saturated heterocycles. The highest BCUT2D eigenvalue weighted by molar-refractivity contribution is 8.00. The van der Waals surface area contributed by atoms with E-state index in [9.17, 15) is 9.59 Å². The van der Waals surface area contributed by atoms with Gasteiger partial charge in [-0.2, -0.15) is 0 Å². The molecule has 0 saturated carbocycles. The summed E-state index contributed by atoms with van der Waals surface area (Å²) in [5.74, 6) is 1.90. The second-order valence-corrected chi connectivity index (χ2v) is 5.52. The van der Waals surface area contributed by atoms with Gasteiger partial charge >= 0.3 is 0 Å². The van der Waals surface area contributed by atoms with Crippen molar-refractivity contribution in [1.29, 1.82) is 0 Å². The number of thioether (sulfide) groups is 1. The molecule has 7 heteroatoms. The number of carbonyl (C=O) groups is 2. The minimum Gasteiger partial charge on any atom is -0.355 e. The topological polar surface area (TPSA) is 61.4 Å². The Morgan fingerprint density at radius 2 is 2.39 bits per heavy atom. The molecule has 0 spiro atoms. The maximum atomic E-state index is 11.6. The van der Waals surface area contributed by atoms with Crippen molar-refractivity contribution in [2.45, 2.75) is 12.8 Å². The van der Waals surface area contributed by atoms with Crippen LogP contribution in [0.25, 0.3) is 0 Å². The lowest BCUT2D eigenvalue weighted by molar-refractivity contribution is -0.132. The predicted octanol–water partition coefficient (Wildman–Crippen LogP) is 0.0569. The van der Waals surface area contributed by atoms with Gasteiger partial charge in [-0.05, 0) is 31.8 Å². The molecule has 2 N–H and O–H groups in total. The summed E-state index contributed by atoms with van der Waals surface area (Å²) in [5, 5.41) is 6.19. The van der Waals surface area contributed by atoms with Crippen LogP contribution in [0.2, 0.25) is 0 Å². The van der Waals surface area contributed by atoms with E-state index in [0.29, 0.717) is 17.5 Å². The maximum Gasteiger partial charge on any atom is 0.239 e. The Labute approximate surface area is 118 Å². The third-order valence-corrected chi connectivity index (χ3v) is 4.14. The van der Waals surface area contributed by atoms with Crippen LogP contribution in [0.1, 0.15) is 12.8 Å². The standard InChI is InChI=1S/C11H19N3O2S.ClH/c15-10(6-14-8-17-7-11(14)16)13-4-2-9-1-3-12-5-9;/h9,12H,1-8H2,(H,13,15);1H. The van der Waals surface area contributed by atoms with Crippen molar-refractivity contribution in [3.05, 3.63) is 0 Å². The third-order valence-electron chi connectivity index (χ3n) is 3.20. The number of carbonyl (C=O) groups excluding carboxylic acids is 2. The van der Waals surface area contributed by atoms with Gasteiger partial charge in [0.15, 0.2) is 0 Å². The first-order valence-corrected chi connectivity index (χ1v) is 7.24. The number of hydrogen-bond acceptors (Lipinski definition) is 4. The fourth-order valence-electron chi connectivity index (χ4n) is 2.15. The van der Waals surface area contributed by atoms with Gasteiger partial charge in [0.25, 0.3) is 0 Å². The second-order valence-electron chi connectivity index (χ2n) is 4.57. The monoisotopic (exact) mass is 293 g/mol. The van der Waals surface area contributed by atoms with E-state index >= 15 is 0 Å². The molecule has 0 aromatic carbocycles. The number of halogens is 1. The van der Waals surface area contributed by atoms with E-state index in [1.807, 2.05) is 0 Å². The van der Waals surface area contributed by atoms with Gasteiger partial charge in [0.2, 0.25) is 11.8 Å². The van der Waals surface area contributed by atoms with Crippen molar-refractivity contribution < 1.29 is 9.59 Å². The average Bonchev–Trinajstić information content (AvgIpc) is 2.92. The van der Waals surface area contributed by atoms with E-state index in [2.05, 4.69) is 10.6 Å². The summed E-state index contributed by atoms with van der Waals surface area (Å²) < 4.78 is 0. The summed E-state index contributed by atoms with van der Waals surface area (Å²) in [5.41, 5.74) is 0. The Morgan fingerprint density at radius 1 is 1.56 bits per heavy atom. The lowest BCUT2D eigenvalue weighted by Crippen LogP contribution is -2.38. The van der Waals surface area contributed by atoms with Crippen LogP contribution >= 0.6 is 24.2 Å². The quantitative estimate of drug-likeness (QED) is 0.752. The van der Waals surface area contributed by atoms with Gasteiger partial charge in [-0.15, -0.1) is 24.2 Å². The van der Waals surface area contributed by atoms with E-state index in [1.54, 1.807) is 16.7 Å². The van der Waals surface area contributed by atoms with Crippen molar-refractivity contribution in [3.63, 3.8) is 0 Å². The fourth-order valence-corrected chi connectivity index (χ4v) is 3.05. The molecule has 1 atom stereocenters. The maximum absolute atomic E-state index is 11.6. The molecule has 0 aliphatic carbocycles.